The number of fused-ring (bicyclic) bond motifs is 2. The van der Waals surface area contributed by atoms with E-state index in [0.29, 0.717) is 49.7 Å². The Morgan fingerprint density at radius 3 is 2.68 bits per heavy atom. The highest BCUT2D eigenvalue weighted by Gasteiger charge is 2.36. The van der Waals surface area contributed by atoms with Crippen molar-refractivity contribution in [3.05, 3.63) is 58.7 Å². The number of aromatic hydroxyl groups is 1. The van der Waals surface area contributed by atoms with Crippen LogP contribution < -0.4 is 9.47 Å². The molecule has 0 saturated carbocycles. The minimum atomic E-state index is -1.16. The second-order valence-corrected chi connectivity index (χ2v) is 9.49. The van der Waals surface area contributed by atoms with Crippen LogP contribution in [0.25, 0.3) is 6.08 Å². The number of ether oxygens (including phenoxy) is 3. The Hall–Kier alpha value is -4.14. The first-order valence-electron chi connectivity index (χ1n) is 12.7. The van der Waals surface area contributed by atoms with Crippen LogP contribution in [-0.4, -0.2) is 46.6 Å². The molecule has 38 heavy (non-hydrogen) atoms. The fourth-order valence-corrected chi connectivity index (χ4v) is 4.82. The molecule has 2 atom stereocenters. The number of carbonyl (C=O) groups is 4. The number of hydrogen-bond donors (Lipinski definition) is 2. The third-order valence-electron chi connectivity index (χ3n) is 6.62. The number of rotatable bonds is 4. The SMILES string of the molecule is C[C@H]1CCCC(=O)CCC/C=C/c2cc3c(c(O)c2C(=O)O1)C(c1ccccc1OCC(=O)O)CC(=O)O3. The van der Waals surface area contributed by atoms with E-state index in [1.807, 2.05) is 0 Å². The van der Waals surface area contributed by atoms with Gasteiger partial charge in [-0.1, -0.05) is 30.4 Å². The number of benzene rings is 2. The number of carboxylic acids is 1. The predicted molar refractivity (Wildman–Crippen MR) is 136 cm³/mol. The van der Waals surface area contributed by atoms with Gasteiger partial charge in [0.1, 0.15) is 28.6 Å². The third-order valence-corrected chi connectivity index (χ3v) is 6.62. The topological polar surface area (TPSA) is 136 Å². The van der Waals surface area contributed by atoms with Crippen molar-refractivity contribution in [2.24, 2.45) is 0 Å². The minimum Gasteiger partial charge on any atom is -0.507 e. The maximum atomic E-state index is 13.3. The summed E-state index contributed by atoms with van der Waals surface area (Å²) >= 11 is 0. The lowest BCUT2D eigenvalue weighted by molar-refractivity contribution is -0.139. The molecule has 0 spiro atoms. The standard InChI is InChI=1S/C29H30O9/c1-17-8-7-11-19(30)10-4-2-3-9-18-14-23-27(28(34)26(18)29(35)37-17)21(15-25(33)38-23)20-12-5-6-13-22(20)36-16-24(31)32/h3,5-6,9,12-14,17,21,34H,2,4,7-8,10-11,15-16H2,1H3,(H,31,32)/b9-3+/t17-,21?/m0/s1. The van der Waals surface area contributed by atoms with Crippen molar-refractivity contribution in [2.45, 2.75) is 63.9 Å². The molecule has 0 aliphatic carbocycles. The third kappa shape index (κ3) is 6.22. The summed E-state index contributed by atoms with van der Waals surface area (Å²) in [5.41, 5.74) is 0.974. The summed E-state index contributed by atoms with van der Waals surface area (Å²) in [7, 11) is 0. The van der Waals surface area contributed by atoms with Crippen molar-refractivity contribution in [1.29, 1.82) is 0 Å². The maximum absolute atomic E-state index is 13.3. The molecular formula is C29H30O9. The molecule has 0 radical (unpaired) electrons. The molecule has 2 aliphatic heterocycles. The first-order chi connectivity index (χ1) is 18.2. The van der Waals surface area contributed by atoms with Crippen molar-refractivity contribution >= 4 is 29.8 Å². The van der Waals surface area contributed by atoms with Gasteiger partial charge in [0, 0.05) is 29.9 Å². The van der Waals surface area contributed by atoms with Gasteiger partial charge in [-0.25, -0.2) is 9.59 Å². The van der Waals surface area contributed by atoms with Gasteiger partial charge in [-0.15, -0.1) is 0 Å². The van der Waals surface area contributed by atoms with E-state index in [2.05, 4.69) is 0 Å². The first-order valence-corrected chi connectivity index (χ1v) is 12.7. The van der Waals surface area contributed by atoms with E-state index in [0.717, 1.165) is 0 Å². The van der Waals surface area contributed by atoms with Gasteiger partial charge in [-0.3, -0.25) is 9.59 Å². The second-order valence-electron chi connectivity index (χ2n) is 9.49. The van der Waals surface area contributed by atoms with Crippen molar-refractivity contribution in [3.8, 4) is 17.2 Å². The number of ketones is 1. The van der Waals surface area contributed by atoms with E-state index in [1.54, 1.807) is 43.3 Å². The van der Waals surface area contributed by atoms with E-state index < -0.39 is 36.5 Å². The zero-order chi connectivity index (χ0) is 27.2. The summed E-state index contributed by atoms with van der Waals surface area (Å²) in [6, 6.07) is 8.16. The van der Waals surface area contributed by atoms with Crippen LogP contribution in [0.2, 0.25) is 0 Å². The number of carboxylic acid groups (broad SMARTS) is 1. The van der Waals surface area contributed by atoms with E-state index in [1.165, 1.54) is 6.07 Å². The number of Topliss-reactive ketones (excluding diaryl/α,β-unsaturated/α-hetero) is 1. The Bertz CT molecular complexity index is 1280. The zero-order valence-electron chi connectivity index (χ0n) is 21.1. The number of phenolic OH excluding ortho intramolecular Hbond substituents is 1. The van der Waals surface area contributed by atoms with Crippen LogP contribution in [0.3, 0.4) is 0 Å². The predicted octanol–water partition coefficient (Wildman–Crippen LogP) is 4.78. The highest BCUT2D eigenvalue weighted by molar-refractivity contribution is 5.98. The molecule has 9 nitrogen and oxygen atoms in total. The van der Waals surface area contributed by atoms with Crippen LogP contribution in [0.15, 0.2) is 36.4 Å². The Morgan fingerprint density at radius 1 is 1.13 bits per heavy atom. The Balaban J connectivity index is 1.81. The molecule has 2 N–H and O–H groups in total. The maximum Gasteiger partial charge on any atom is 0.342 e. The number of cyclic esters (lactones) is 1. The lowest BCUT2D eigenvalue weighted by atomic mass is 9.83. The van der Waals surface area contributed by atoms with Crippen LogP contribution >= 0.6 is 0 Å². The summed E-state index contributed by atoms with van der Waals surface area (Å²) in [4.78, 5) is 49.1. The van der Waals surface area contributed by atoms with E-state index in [-0.39, 0.29) is 40.6 Å². The molecule has 2 aromatic rings. The van der Waals surface area contributed by atoms with E-state index >= 15 is 0 Å². The van der Waals surface area contributed by atoms with Crippen LogP contribution in [-0.2, 0) is 19.1 Å². The summed E-state index contributed by atoms with van der Waals surface area (Å²) in [6.07, 6.45) is 6.06. The van der Waals surface area contributed by atoms with Crippen LogP contribution in [0.5, 0.6) is 17.2 Å². The largest absolute Gasteiger partial charge is 0.507 e. The second kappa shape index (κ2) is 11.9. The average Bonchev–Trinajstić information content (AvgIpc) is 2.86. The normalized spacial score (nSPS) is 21.2. The molecule has 9 heteroatoms. The Morgan fingerprint density at radius 2 is 1.89 bits per heavy atom. The number of esters is 2. The van der Waals surface area contributed by atoms with Gasteiger partial charge in [0.25, 0.3) is 0 Å². The summed E-state index contributed by atoms with van der Waals surface area (Å²) in [5.74, 6) is -3.05. The van der Waals surface area contributed by atoms with E-state index in [4.69, 9.17) is 19.3 Å². The molecule has 0 amide bonds. The molecule has 0 saturated heterocycles. The fourth-order valence-electron chi connectivity index (χ4n) is 4.82. The molecular weight excluding hydrogens is 492 g/mol. The minimum absolute atomic E-state index is 0.0492. The van der Waals surface area contributed by atoms with E-state index in [9.17, 15) is 24.3 Å². The molecule has 0 fully saturated rings. The zero-order valence-corrected chi connectivity index (χ0v) is 21.1. The van der Waals surface area contributed by atoms with Gasteiger partial charge in [-0.05, 0) is 50.3 Å². The van der Waals surface area contributed by atoms with Crippen molar-refractivity contribution in [1.82, 2.24) is 0 Å². The lowest BCUT2D eigenvalue weighted by Crippen LogP contribution is -2.24. The molecule has 2 aromatic carbocycles. The van der Waals surface area contributed by atoms with Gasteiger partial charge < -0.3 is 24.4 Å². The first kappa shape index (κ1) is 26.9. The highest BCUT2D eigenvalue weighted by Crippen LogP contribution is 2.48. The quantitative estimate of drug-likeness (QED) is 0.429. The molecule has 200 valence electrons. The van der Waals surface area contributed by atoms with Gasteiger partial charge in [-0.2, -0.15) is 0 Å². The Labute approximate surface area is 220 Å². The van der Waals surface area contributed by atoms with Crippen molar-refractivity contribution < 1.29 is 43.6 Å². The summed E-state index contributed by atoms with van der Waals surface area (Å²) in [5, 5.41) is 20.6. The average molecular weight is 523 g/mol. The van der Waals surface area contributed by atoms with Gasteiger partial charge in [0.2, 0.25) is 0 Å². The van der Waals surface area contributed by atoms with Gasteiger partial charge in [0.05, 0.1) is 12.5 Å². The number of aliphatic carboxylic acids is 1. The smallest absolute Gasteiger partial charge is 0.342 e. The molecule has 4 rings (SSSR count). The number of phenols is 1. The molecule has 1 unspecified atom stereocenters. The molecule has 0 bridgehead atoms. The van der Waals surface area contributed by atoms with Crippen LogP contribution in [0, 0.1) is 0 Å². The molecule has 2 aliphatic rings. The van der Waals surface area contributed by atoms with Crippen LogP contribution in [0.4, 0.5) is 0 Å². The summed E-state index contributed by atoms with van der Waals surface area (Å²) < 4.78 is 16.6. The number of hydrogen-bond acceptors (Lipinski definition) is 8. The molecule has 0 aromatic heterocycles. The van der Waals surface area contributed by atoms with Gasteiger partial charge >= 0.3 is 17.9 Å². The molecule has 2 heterocycles. The number of allylic oxidation sites excluding steroid dienone is 1. The summed E-state index contributed by atoms with van der Waals surface area (Å²) in [6.45, 7) is 1.15. The number of para-hydroxylation sites is 1. The highest BCUT2D eigenvalue weighted by atomic mass is 16.5. The van der Waals surface area contributed by atoms with Crippen molar-refractivity contribution in [3.63, 3.8) is 0 Å². The number of carbonyl (C=O) groups excluding carboxylic acids is 3. The fraction of sp³-hybridized carbons (Fsp3) is 0.379. The Kier molecular flexibility index (Phi) is 8.45. The van der Waals surface area contributed by atoms with Crippen LogP contribution in [0.1, 0.15) is 84.8 Å². The van der Waals surface area contributed by atoms with Gasteiger partial charge in [0.15, 0.2) is 6.61 Å². The van der Waals surface area contributed by atoms with Crippen molar-refractivity contribution in [2.75, 3.05) is 6.61 Å². The monoisotopic (exact) mass is 522 g/mol. The lowest BCUT2D eigenvalue weighted by Gasteiger charge is -2.28.